The first-order valence-corrected chi connectivity index (χ1v) is 7.76. The average Bonchev–Trinajstić information content (AvgIpc) is 2.48. The number of para-hydroxylation sites is 2. The molecule has 1 N–H and O–H groups in total. The van der Waals surface area contributed by atoms with Crippen LogP contribution < -0.4 is 10.1 Å². The molecule has 3 unspecified atom stereocenters. The Morgan fingerprint density at radius 1 is 1.00 bits per heavy atom. The first kappa shape index (κ1) is 12.8. The molecule has 0 aliphatic heterocycles. The van der Waals surface area contributed by atoms with E-state index in [1.165, 1.54) is 44.9 Å². The zero-order valence-electron chi connectivity index (χ0n) is 11.9. The summed E-state index contributed by atoms with van der Waals surface area (Å²) in [7, 11) is 1.75. The van der Waals surface area contributed by atoms with Crippen LogP contribution in [0.2, 0.25) is 0 Å². The van der Waals surface area contributed by atoms with Crippen molar-refractivity contribution < 1.29 is 4.74 Å². The third-order valence-electron chi connectivity index (χ3n) is 5.01. The molecule has 2 heteroatoms. The minimum atomic E-state index is 0.635. The van der Waals surface area contributed by atoms with Gasteiger partial charge in [-0.1, -0.05) is 37.8 Å². The molecule has 1 aromatic rings. The van der Waals surface area contributed by atoms with Gasteiger partial charge in [-0.3, -0.25) is 0 Å². The zero-order valence-corrected chi connectivity index (χ0v) is 11.9. The number of methoxy groups -OCH3 is 1. The molecule has 0 amide bonds. The fourth-order valence-corrected chi connectivity index (χ4v) is 3.99. The normalized spacial score (nSPS) is 30.5. The molecular formula is C17H25NO. The van der Waals surface area contributed by atoms with E-state index in [1.807, 2.05) is 12.1 Å². The second-order valence-electron chi connectivity index (χ2n) is 6.16. The molecule has 0 saturated heterocycles. The maximum absolute atomic E-state index is 5.43. The molecule has 3 atom stereocenters. The SMILES string of the molecule is COc1ccccc1NC1CCC2CCCCC2C1. The molecule has 0 bridgehead atoms. The molecule has 0 radical (unpaired) electrons. The van der Waals surface area contributed by atoms with Crippen molar-refractivity contribution in [2.45, 2.75) is 51.0 Å². The second-order valence-corrected chi connectivity index (χ2v) is 6.16. The van der Waals surface area contributed by atoms with Crippen LogP contribution in [0.15, 0.2) is 24.3 Å². The summed E-state index contributed by atoms with van der Waals surface area (Å²) in [5.74, 6) is 2.95. The van der Waals surface area contributed by atoms with Crippen LogP contribution in [0.4, 0.5) is 5.69 Å². The van der Waals surface area contributed by atoms with Crippen molar-refractivity contribution in [3.05, 3.63) is 24.3 Å². The van der Waals surface area contributed by atoms with Gasteiger partial charge in [-0.05, 0) is 43.2 Å². The van der Waals surface area contributed by atoms with Crippen LogP contribution >= 0.6 is 0 Å². The van der Waals surface area contributed by atoms with Crippen molar-refractivity contribution in [3.63, 3.8) is 0 Å². The molecular weight excluding hydrogens is 234 g/mol. The maximum atomic E-state index is 5.43. The fraction of sp³-hybridized carbons (Fsp3) is 0.647. The van der Waals surface area contributed by atoms with Gasteiger partial charge in [0.25, 0.3) is 0 Å². The van der Waals surface area contributed by atoms with E-state index in [0.29, 0.717) is 6.04 Å². The van der Waals surface area contributed by atoms with Crippen LogP contribution in [0.3, 0.4) is 0 Å². The lowest BCUT2D eigenvalue weighted by atomic mass is 9.69. The van der Waals surface area contributed by atoms with Crippen molar-refractivity contribution in [1.82, 2.24) is 0 Å². The Balaban J connectivity index is 1.64. The Morgan fingerprint density at radius 2 is 1.79 bits per heavy atom. The predicted octanol–water partition coefficient (Wildman–Crippen LogP) is 4.47. The molecule has 2 nitrogen and oxygen atoms in total. The summed E-state index contributed by atoms with van der Waals surface area (Å²) in [5, 5.41) is 3.71. The summed E-state index contributed by atoms with van der Waals surface area (Å²) < 4.78 is 5.43. The molecule has 0 heterocycles. The van der Waals surface area contributed by atoms with E-state index >= 15 is 0 Å². The van der Waals surface area contributed by atoms with Gasteiger partial charge in [-0.15, -0.1) is 0 Å². The summed E-state index contributed by atoms with van der Waals surface area (Å²) in [6, 6.07) is 8.91. The highest BCUT2D eigenvalue weighted by atomic mass is 16.5. The zero-order chi connectivity index (χ0) is 13.1. The van der Waals surface area contributed by atoms with Crippen molar-refractivity contribution >= 4 is 5.69 Å². The minimum Gasteiger partial charge on any atom is -0.495 e. The van der Waals surface area contributed by atoms with Crippen molar-refractivity contribution in [3.8, 4) is 5.75 Å². The van der Waals surface area contributed by atoms with Crippen LogP contribution in [-0.2, 0) is 0 Å². The van der Waals surface area contributed by atoms with Crippen molar-refractivity contribution in [1.29, 1.82) is 0 Å². The summed E-state index contributed by atoms with van der Waals surface area (Å²) >= 11 is 0. The average molecular weight is 259 g/mol. The van der Waals surface area contributed by atoms with E-state index in [-0.39, 0.29) is 0 Å². The molecule has 1 aromatic carbocycles. The molecule has 2 saturated carbocycles. The van der Waals surface area contributed by atoms with Gasteiger partial charge < -0.3 is 10.1 Å². The van der Waals surface area contributed by atoms with Gasteiger partial charge in [0.2, 0.25) is 0 Å². The number of rotatable bonds is 3. The van der Waals surface area contributed by atoms with Gasteiger partial charge in [-0.2, -0.15) is 0 Å². The smallest absolute Gasteiger partial charge is 0.141 e. The lowest BCUT2D eigenvalue weighted by molar-refractivity contribution is 0.162. The van der Waals surface area contributed by atoms with Crippen molar-refractivity contribution in [2.75, 3.05) is 12.4 Å². The van der Waals surface area contributed by atoms with E-state index in [4.69, 9.17) is 4.74 Å². The number of ether oxygens (including phenoxy) is 1. The molecule has 104 valence electrons. The Morgan fingerprint density at radius 3 is 2.63 bits per heavy atom. The number of fused-ring (bicyclic) bond motifs is 1. The van der Waals surface area contributed by atoms with E-state index in [2.05, 4.69) is 17.4 Å². The highest BCUT2D eigenvalue weighted by Crippen LogP contribution is 2.41. The summed E-state index contributed by atoms with van der Waals surface area (Å²) in [4.78, 5) is 0. The largest absolute Gasteiger partial charge is 0.495 e. The Kier molecular flexibility index (Phi) is 3.95. The number of nitrogens with one attached hydrogen (secondary N) is 1. The molecule has 2 fully saturated rings. The van der Waals surface area contributed by atoms with Gasteiger partial charge in [0.1, 0.15) is 5.75 Å². The standard InChI is InChI=1S/C17H25NO/c1-19-17-9-5-4-8-16(17)18-15-11-10-13-6-2-3-7-14(13)12-15/h4-5,8-9,13-15,18H,2-3,6-7,10-12H2,1H3. The van der Waals surface area contributed by atoms with Crippen LogP contribution in [0.1, 0.15) is 44.9 Å². The minimum absolute atomic E-state index is 0.635. The Labute approximate surface area is 116 Å². The lowest BCUT2D eigenvalue weighted by Gasteiger charge is -2.40. The lowest BCUT2D eigenvalue weighted by Crippen LogP contribution is -2.34. The Bertz CT molecular complexity index is 417. The maximum Gasteiger partial charge on any atom is 0.141 e. The summed E-state index contributed by atoms with van der Waals surface area (Å²) in [5.41, 5.74) is 1.16. The topological polar surface area (TPSA) is 21.3 Å². The summed E-state index contributed by atoms with van der Waals surface area (Å²) in [6.07, 6.45) is 9.93. The number of anilines is 1. The molecule has 0 spiro atoms. The predicted molar refractivity (Wildman–Crippen MR) is 79.7 cm³/mol. The van der Waals surface area contributed by atoms with Crippen LogP contribution in [0.5, 0.6) is 5.75 Å². The summed E-state index contributed by atoms with van der Waals surface area (Å²) in [6.45, 7) is 0. The van der Waals surface area contributed by atoms with Gasteiger partial charge in [0, 0.05) is 6.04 Å². The highest BCUT2D eigenvalue weighted by molar-refractivity contribution is 5.56. The first-order valence-electron chi connectivity index (χ1n) is 7.76. The monoisotopic (exact) mass is 259 g/mol. The first-order chi connectivity index (χ1) is 9.36. The van der Waals surface area contributed by atoms with E-state index < -0.39 is 0 Å². The van der Waals surface area contributed by atoms with E-state index in [9.17, 15) is 0 Å². The second kappa shape index (κ2) is 5.85. The van der Waals surface area contributed by atoms with Gasteiger partial charge in [-0.25, -0.2) is 0 Å². The van der Waals surface area contributed by atoms with Crippen LogP contribution in [-0.4, -0.2) is 13.2 Å². The molecule has 2 aliphatic rings. The third-order valence-corrected chi connectivity index (χ3v) is 5.01. The number of hydrogen-bond acceptors (Lipinski definition) is 2. The molecule has 2 aliphatic carbocycles. The highest BCUT2D eigenvalue weighted by Gasteiger charge is 2.32. The van der Waals surface area contributed by atoms with E-state index in [1.54, 1.807) is 7.11 Å². The van der Waals surface area contributed by atoms with E-state index in [0.717, 1.165) is 23.3 Å². The van der Waals surface area contributed by atoms with Gasteiger partial charge in [0.05, 0.1) is 12.8 Å². The Hall–Kier alpha value is -1.18. The number of hydrogen-bond donors (Lipinski definition) is 1. The molecule has 0 aromatic heterocycles. The molecule has 3 rings (SSSR count). The van der Waals surface area contributed by atoms with Gasteiger partial charge in [0.15, 0.2) is 0 Å². The fourth-order valence-electron chi connectivity index (χ4n) is 3.99. The number of benzene rings is 1. The third kappa shape index (κ3) is 2.88. The van der Waals surface area contributed by atoms with Crippen LogP contribution in [0.25, 0.3) is 0 Å². The van der Waals surface area contributed by atoms with Gasteiger partial charge >= 0.3 is 0 Å². The molecule has 19 heavy (non-hydrogen) atoms. The van der Waals surface area contributed by atoms with Crippen LogP contribution in [0, 0.1) is 11.8 Å². The quantitative estimate of drug-likeness (QED) is 0.865. The van der Waals surface area contributed by atoms with Crippen molar-refractivity contribution in [2.24, 2.45) is 11.8 Å².